The summed E-state index contributed by atoms with van der Waals surface area (Å²) < 4.78 is 13.3. The number of aliphatic hydroxyl groups excluding tert-OH is 2. The van der Waals surface area contributed by atoms with Crippen molar-refractivity contribution in [2.24, 2.45) is 46.3 Å². The van der Waals surface area contributed by atoms with Crippen molar-refractivity contribution in [2.75, 3.05) is 31.1 Å². The molecule has 0 radical (unpaired) electrons. The minimum atomic E-state index is -0.234. The molecule has 5 nitrogen and oxygen atoms in total. The lowest BCUT2D eigenvalue weighted by molar-refractivity contribution is -0.174. The van der Waals surface area contributed by atoms with Gasteiger partial charge in [-0.3, -0.25) is 4.79 Å². The molecule has 6 heteroatoms. The molecule has 1 aliphatic heterocycles. The molecule has 0 unspecified atom stereocenters. The normalized spacial score (nSPS) is 42.1. The van der Waals surface area contributed by atoms with Gasteiger partial charge in [0.15, 0.2) is 0 Å². The maximum Gasteiger partial charge on any atom is 0.222 e. The molecule has 40 heavy (non-hydrogen) atoms. The van der Waals surface area contributed by atoms with Crippen LogP contribution in [-0.4, -0.2) is 59.4 Å². The van der Waals surface area contributed by atoms with Gasteiger partial charge in [0.1, 0.15) is 5.82 Å². The molecule has 1 aromatic rings. The average molecular weight is 555 g/mol. The minimum Gasteiger partial charge on any atom is -0.393 e. The van der Waals surface area contributed by atoms with Gasteiger partial charge in [-0.05, 0) is 128 Å². The van der Waals surface area contributed by atoms with Crippen LogP contribution >= 0.6 is 0 Å². The van der Waals surface area contributed by atoms with Crippen molar-refractivity contribution < 1.29 is 19.4 Å². The number of carbonyl (C=O) groups excluding carboxylic acids is 1. The number of anilines is 1. The molecule has 10 atom stereocenters. The number of nitrogens with zero attached hydrogens (tertiary/aromatic N) is 2. The summed E-state index contributed by atoms with van der Waals surface area (Å²) >= 11 is 0. The van der Waals surface area contributed by atoms with Gasteiger partial charge < -0.3 is 20.0 Å². The standard InChI is InChI=1S/C34H51FN2O3/c1-22(4-11-31(40)37-18-16-36(17-19-37)25-7-5-24(35)6-8-25)27-9-10-28-32-29(13-15-34(27,28)3)33(2)14-12-26(38)20-23(33)21-30(32)39/h5-8,22-23,26-30,32,38-39H,4,9-21H2,1-3H3/t22-,23+,26-,27-,28+,29+,30+,32+,33+,34-/m0/s1. The number of piperazine rings is 1. The van der Waals surface area contributed by atoms with Gasteiger partial charge in [0.2, 0.25) is 5.91 Å². The van der Waals surface area contributed by atoms with Crippen molar-refractivity contribution in [2.45, 2.75) is 97.2 Å². The Kier molecular flexibility index (Phi) is 7.74. The van der Waals surface area contributed by atoms with E-state index in [4.69, 9.17) is 0 Å². The fourth-order valence-corrected chi connectivity index (χ4v) is 10.8. The summed E-state index contributed by atoms with van der Waals surface area (Å²) in [7, 11) is 0. The van der Waals surface area contributed by atoms with Gasteiger partial charge in [-0.15, -0.1) is 0 Å². The zero-order valence-corrected chi connectivity index (χ0v) is 24.9. The molecular formula is C34H51FN2O3. The molecule has 222 valence electrons. The maximum absolute atomic E-state index is 13.3. The van der Waals surface area contributed by atoms with Crippen molar-refractivity contribution in [3.63, 3.8) is 0 Å². The predicted molar refractivity (Wildman–Crippen MR) is 156 cm³/mol. The van der Waals surface area contributed by atoms with E-state index in [1.807, 2.05) is 17.0 Å². The molecule has 5 aliphatic rings. The third-order valence-corrected chi connectivity index (χ3v) is 13.1. The first-order valence-corrected chi connectivity index (χ1v) is 16.2. The molecule has 4 aliphatic carbocycles. The van der Waals surface area contributed by atoms with Gasteiger partial charge in [-0.25, -0.2) is 4.39 Å². The monoisotopic (exact) mass is 554 g/mol. The quantitative estimate of drug-likeness (QED) is 0.477. The number of rotatable bonds is 5. The van der Waals surface area contributed by atoms with E-state index >= 15 is 0 Å². The molecule has 1 amide bonds. The number of hydrogen-bond acceptors (Lipinski definition) is 4. The fraction of sp³-hybridized carbons (Fsp3) is 0.794. The molecular weight excluding hydrogens is 503 g/mol. The van der Waals surface area contributed by atoms with Gasteiger partial charge in [-0.1, -0.05) is 20.8 Å². The van der Waals surface area contributed by atoms with Gasteiger partial charge in [-0.2, -0.15) is 0 Å². The van der Waals surface area contributed by atoms with Crippen molar-refractivity contribution in [3.8, 4) is 0 Å². The fourth-order valence-electron chi connectivity index (χ4n) is 10.8. The van der Waals surface area contributed by atoms with E-state index < -0.39 is 0 Å². The van der Waals surface area contributed by atoms with Crippen molar-refractivity contribution in [3.05, 3.63) is 30.1 Å². The Morgan fingerprint density at radius 3 is 2.35 bits per heavy atom. The van der Waals surface area contributed by atoms with Crippen LogP contribution in [0.1, 0.15) is 85.0 Å². The highest BCUT2D eigenvalue weighted by atomic mass is 19.1. The summed E-state index contributed by atoms with van der Waals surface area (Å²) in [4.78, 5) is 17.5. The second kappa shape index (κ2) is 10.9. The summed E-state index contributed by atoms with van der Waals surface area (Å²) in [5.74, 6) is 3.19. The Morgan fingerprint density at radius 1 is 0.950 bits per heavy atom. The Labute approximate surface area is 240 Å². The number of halogens is 1. The molecule has 1 heterocycles. The summed E-state index contributed by atoms with van der Waals surface area (Å²) in [5, 5.41) is 21.9. The van der Waals surface area contributed by atoms with Gasteiger partial charge in [0.25, 0.3) is 0 Å². The highest BCUT2D eigenvalue weighted by molar-refractivity contribution is 5.76. The zero-order chi connectivity index (χ0) is 28.2. The molecule has 0 bridgehead atoms. The Balaban J connectivity index is 1.04. The average Bonchev–Trinajstić information content (AvgIpc) is 3.30. The predicted octanol–water partition coefficient (Wildman–Crippen LogP) is 5.88. The van der Waals surface area contributed by atoms with Crippen molar-refractivity contribution in [1.82, 2.24) is 4.90 Å². The summed E-state index contributed by atoms with van der Waals surface area (Å²) in [6, 6.07) is 6.65. The van der Waals surface area contributed by atoms with Crippen LogP contribution in [0.5, 0.6) is 0 Å². The van der Waals surface area contributed by atoms with Gasteiger partial charge in [0.05, 0.1) is 12.2 Å². The van der Waals surface area contributed by atoms with E-state index in [2.05, 4.69) is 25.7 Å². The number of carbonyl (C=O) groups is 1. The Hall–Kier alpha value is -1.66. The molecule has 1 saturated heterocycles. The third-order valence-electron chi connectivity index (χ3n) is 13.1. The van der Waals surface area contributed by atoms with E-state index in [0.717, 1.165) is 64.0 Å². The van der Waals surface area contributed by atoms with E-state index in [1.165, 1.54) is 37.8 Å². The highest BCUT2D eigenvalue weighted by Crippen LogP contribution is 2.68. The number of amides is 1. The number of fused-ring (bicyclic) bond motifs is 5. The largest absolute Gasteiger partial charge is 0.393 e. The number of aliphatic hydroxyl groups is 2. The first-order chi connectivity index (χ1) is 19.1. The van der Waals surface area contributed by atoms with Crippen molar-refractivity contribution >= 4 is 11.6 Å². The highest BCUT2D eigenvalue weighted by Gasteiger charge is 2.62. The Bertz CT molecular complexity index is 1060. The first-order valence-electron chi connectivity index (χ1n) is 16.2. The van der Waals surface area contributed by atoms with E-state index in [-0.39, 0.29) is 34.8 Å². The molecule has 1 aromatic carbocycles. The van der Waals surface area contributed by atoms with Gasteiger partial charge in [0, 0.05) is 38.3 Å². The van der Waals surface area contributed by atoms with Gasteiger partial charge >= 0.3 is 0 Å². The molecule has 6 rings (SSSR count). The van der Waals surface area contributed by atoms with Crippen LogP contribution in [0, 0.1) is 52.2 Å². The van der Waals surface area contributed by atoms with Crippen LogP contribution < -0.4 is 4.90 Å². The molecule has 0 spiro atoms. The topological polar surface area (TPSA) is 64.0 Å². The van der Waals surface area contributed by atoms with Crippen LogP contribution in [0.2, 0.25) is 0 Å². The molecule has 5 fully saturated rings. The first kappa shape index (κ1) is 28.5. The summed E-state index contributed by atoms with van der Waals surface area (Å²) in [5.41, 5.74) is 1.54. The zero-order valence-electron chi connectivity index (χ0n) is 24.9. The number of benzene rings is 1. The lowest BCUT2D eigenvalue weighted by Gasteiger charge is -2.62. The van der Waals surface area contributed by atoms with Crippen LogP contribution in [0.15, 0.2) is 24.3 Å². The van der Waals surface area contributed by atoms with Crippen LogP contribution in [0.25, 0.3) is 0 Å². The van der Waals surface area contributed by atoms with Crippen molar-refractivity contribution in [1.29, 1.82) is 0 Å². The minimum absolute atomic E-state index is 0.186. The summed E-state index contributed by atoms with van der Waals surface area (Å²) in [6.45, 7) is 10.4. The second-order valence-electron chi connectivity index (χ2n) is 14.8. The molecule has 0 aromatic heterocycles. The van der Waals surface area contributed by atoms with E-state index in [9.17, 15) is 19.4 Å². The van der Waals surface area contributed by atoms with E-state index in [0.29, 0.717) is 41.9 Å². The Morgan fingerprint density at radius 2 is 1.62 bits per heavy atom. The smallest absolute Gasteiger partial charge is 0.222 e. The van der Waals surface area contributed by atoms with Crippen LogP contribution in [-0.2, 0) is 4.79 Å². The molecule has 4 saturated carbocycles. The molecule has 2 N–H and O–H groups in total. The number of hydrogen-bond donors (Lipinski definition) is 2. The third kappa shape index (κ3) is 4.89. The SMILES string of the molecule is C[C@@H](CCC(=O)N1CCN(c2ccc(F)cc2)CC1)[C@@H]1CC[C@@H]2[C@H]3[C@H](O)C[C@H]4C[C@@H](O)CC[C@@]4(C)[C@@H]3CC[C@]21C. The van der Waals surface area contributed by atoms with Crippen LogP contribution in [0.4, 0.5) is 10.1 Å². The summed E-state index contributed by atoms with van der Waals surface area (Å²) in [6.07, 6.45) is 9.79. The lowest BCUT2D eigenvalue weighted by atomic mass is 9.43. The maximum atomic E-state index is 13.3. The lowest BCUT2D eigenvalue weighted by Crippen LogP contribution is -2.58. The second-order valence-corrected chi connectivity index (χ2v) is 14.8. The van der Waals surface area contributed by atoms with Crippen LogP contribution in [0.3, 0.4) is 0 Å². The van der Waals surface area contributed by atoms with E-state index in [1.54, 1.807) is 0 Å².